The first-order chi connectivity index (χ1) is 10.3. The van der Waals surface area contributed by atoms with E-state index in [0.29, 0.717) is 12.5 Å². The number of aromatic nitrogens is 3. The molecule has 21 heavy (non-hydrogen) atoms. The number of nitrogens with zero attached hydrogens (tertiary/aromatic N) is 3. The van der Waals surface area contributed by atoms with Crippen molar-refractivity contribution in [2.75, 3.05) is 7.05 Å². The van der Waals surface area contributed by atoms with Crippen molar-refractivity contribution in [2.45, 2.75) is 31.8 Å². The Balaban J connectivity index is 1.64. The van der Waals surface area contributed by atoms with Crippen molar-refractivity contribution in [3.8, 4) is 0 Å². The van der Waals surface area contributed by atoms with Crippen molar-refractivity contribution in [3.05, 3.63) is 47.7 Å². The van der Waals surface area contributed by atoms with E-state index >= 15 is 0 Å². The van der Waals surface area contributed by atoms with Crippen molar-refractivity contribution in [1.29, 1.82) is 0 Å². The number of benzene rings is 1. The second-order valence-corrected chi connectivity index (χ2v) is 5.65. The van der Waals surface area contributed by atoms with Crippen LogP contribution in [0.3, 0.4) is 0 Å². The van der Waals surface area contributed by atoms with Gasteiger partial charge in [-0.1, -0.05) is 17.3 Å². The first kappa shape index (κ1) is 12.6. The van der Waals surface area contributed by atoms with Crippen LogP contribution in [0.4, 0.5) is 0 Å². The third-order valence-corrected chi connectivity index (χ3v) is 3.99. The van der Waals surface area contributed by atoms with E-state index in [2.05, 4.69) is 50.5 Å². The minimum absolute atomic E-state index is 0.509. The van der Waals surface area contributed by atoms with Crippen molar-refractivity contribution in [1.82, 2.24) is 20.0 Å². The third-order valence-electron chi connectivity index (χ3n) is 3.99. The van der Waals surface area contributed by atoms with Gasteiger partial charge in [0, 0.05) is 29.6 Å². The summed E-state index contributed by atoms with van der Waals surface area (Å²) >= 11 is 0. The van der Waals surface area contributed by atoms with Gasteiger partial charge in [-0.05, 0) is 37.6 Å². The Morgan fingerprint density at radius 1 is 1.33 bits per heavy atom. The predicted octanol–water partition coefficient (Wildman–Crippen LogP) is 2.67. The van der Waals surface area contributed by atoms with Gasteiger partial charge in [-0.25, -0.2) is 0 Å². The largest absolute Gasteiger partial charge is 0.340 e. The molecule has 2 heterocycles. The summed E-state index contributed by atoms with van der Waals surface area (Å²) < 4.78 is 7.50. The lowest BCUT2D eigenvalue weighted by atomic mass is 10.1. The Bertz CT molecular complexity index is 770. The normalized spacial score (nSPS) is 14.9. The molecule has 0 bridgehead atoms. The highest BCUT2D eigenvalue weighted by Crippen LogP contribution is 2.38. The molecule has 1 aliphatic carbocycles. The molecule has 1 saturated carbocycles. The van der Waals surface area contributed by atoms with Crippen molar-refractivity contribution in [2.24, 2.45) is 0 Å². The van der Waals surface area contributed by atoms with Crippen molar-refractivity contribution in [3.63, 3.8) is 0 Å². The van der Waals surface area contributed by atoms with E-state index in [-0.39, 0.29) is 0 Å². The Labute approximate surface area is 123 Å². The highest BCUT2D eigenvalue weighted by molar-refractivity contribution is 5.83. The van der Waals surface area contributed by atoms with Crippen LogP contribution in [0.25, 0.3) is 10.9 Å². The van der Waals surface area contributed by atoms with E-state index in [9.17, 15) is 0 Å². The van der Waals surface area contributed by atoms with E-state index in [1.807, 2.05) is 7.05 Å². The van der Waals surface area contributed by atoms with Crippen LogP contribution in [0.2, 0.25) is 0 Å². The summed E-state index contributed by atoms with van der Waals surface area (Å²) in [7, 11) is 1.97. The van der Waals surface area contributed by atoms with Gasteiger partial charge in [-0.3, -0.25) is 0 Å². The van der Waals surface area contributed by atoms with Gasteiger partial charge < -0.3 is 14.4 Å². The molecular weight excluding hydrogens is 264 g/mol. The molecule has 4 rings (SSSR count). The highest BCUT2D eigenvalue weighted by Gasteiger charge is 2.29. The Hall–Kier alpha value is -2.14. The smallest absolute Gasteiger partial charge is 0.229 e. The maximum absolute atomic E-state index is 5.33. The summed E-state index contributed by atoms with van der Waals surface area (Å²) in [5.74, 6) is 2.07. The summed E-state index contributed by atoms with van der Waals surface area (Å²) in [6.07, 6.45) is 4.46. The molecule has 0 saturated heterocycles. The van der Waals surface area contributed by atoms with Gasteiger partial charge in [0.25, 0.3) is 0 Å². The second-order valence-electron chi connectivity index (χ2n) is 5.65. The molecule has 1 aliphatic rings. The number of rotatable bonds is 5. The van der Waals surface area contributed by atoms with Crippen LogP contribution in [-0.4, -0.2) is 21.8 Å². The van der Waals surface area contributed by atoms with Crippen LogP contribution in [-0.2, 0) is 13.1 Å². The summed E-state index contributed by atoms with van der Waals surface area (Å²) in [6, 6.07) is 8.54. The molecule has 1 fully saturated rings. The number of hydrogen-bond donors (Lipinski definition) is 1. The van der Waals surface area contributed by atoms with Gasteiger partial charge in [-0.15, -0.1) is 0 Å². The van der Waals surface area contributed by atoms with Crippen molar-refractivity contribution >= 4 is 10.9 Å². The maximum Gasteiger partial charge on any atom is 0.229 e. The molecule has 1 aromatic carbocycles. The standard InChI is InChI=1S/C16H18N4O/c1-17-9-12-3-2-4-14-13(12)7-8-20(14)10-15-18-16(21-19-15)11-5-6-11/h2-4,7-8,11,17H,5-6,9-10H2,1H3. The zero-order valence-electron chi connectivity index (χ0n) is 12.0. The molecule has 5 nitrogen and oxygen atoms in total. The fourth-order valence-electron chi connectivity index (χ4n) is 2.75. The summed E-state index contributed by atoms with van der Waals surface area (Å²) in [5.41, 5.74) is 2.51. The number of fused-ring (bicyclic) bond motifs is 1. The molecule has 108 valence electrons. The monoisotopic (exact) mass is 282 g/mol. The Morgan fingerprint density at radius 3 is 3.05 bits per heavy atom. The SMILES string of the molecule is CNCc1cccc2c1ccn2Cc1noc(C2CC2)n1. The lowest BCUT2D eigenvalue weighted by molar-refractivity contribution is 0.373. The molecule has 0 amide bonds. The van der Waals surface area contributed by atoms with Gasteiger partial charge in [0.2, 0.25) is 5.89 Å². The van der Waals surface area contributed by atoms with E-state index in [4.69, 9.17) is 4.52 Å². The highest BCUT2D eigenvalue weighted by atomic mass is 16.5. The van der Waals surface area contributed by atoms with E-state index in [1.165, 1.54) is 29.3 Å². The van der Waals surface area contributed by atoms with Gasteiger partial charge in [0.15, 0.2) is 5.82 Å². The first-order valence-corrected chi connectivity index (χ1v) is 7.39. The lowest BCUT2D eigenvalue weighted by Gasteiger charge is -2.05. The Kier molecular flexibility index (Phi) is 3.00. The molecule has 0 spiro atoms. The molecule has 1 N–H and O–H groups in total. The summed E-state index contributed by atoms with van der Waals surface area (Å²) in [6.45, 7) is 1.53. The number of hydrogen-bond acceptors (Lipinski definition) is 4. The van der Waals surface area contributed by atoms with Crippen LogP contribution >= 0.6 is 0 Å². The lowest BCUT2D eigenvalue weighted by Crippen LogP contribution is -2.05. The molecular formula is C16H18N4O. The average molecular weight is 282 g/mol. The van der Waals surface area contributed by atoms with Crippen LogP contribution < -0.4 is 5.32 Å². The molecule has 2 aromatic heterocycles. The van der Waals surface area contributed by atoms with Gasteiger partial charge in [0.1, 0.15) is 0 Å². The van der Waals surface area contributed by atoms with Crippen LogP contribution in [0.1, 0.15) is 36.0 Å². The molecule has 0 atom stereocenters. The topological polar surface area (TPSA) is 55.9 Å². The average Bonchev–Trinajstić information content (AvgIpc) is 3.11. The summed E-state index contributed by atoms with van der Waals surface area (Å²) in [5, 5.41) is 8.58. The van der Waals surface area contributed by atoms with Gasteiger partial charge in [0.05, 0.1) is 6.54 Å². The quantitative estimate of drug-likeness (QED) is 0.781. The van der Waals surface area contributed by atoms with Crippen LogP contribution in [0.5, 0.6) is 0 Å². The fourth-order valence-corrected chi connectivity index (χ4v) is 2.75. The molecule has 5 heteroatoms. The predicted molar refractivity (Wildman–Crippen MR) is 80.1 cm³/mol. The Morgan fingerprint density at radius 2 is 2.24 bits per heavy atom. The molecule has 0 radical (unpaired) electrons. The third kappa shape index (κ3) is 2.34. The van der Waals surface area contributed by atoms with E-state index in [0.717, 1.165) is 18.3 Å². The van der Waals surface area contributed by atoms with E-state index < -0.39 is 0 Å². The number of nitrogens with one attached hydrogen (secondary N) is 1. The van der Waals surface area contributed by atoms with Crippen molar-refractivity contribution < 1.29 is 4.52 Å². The fraction of sp³-hybridized carbons (Fsp3) is 0.375. The second kappa shape index (κ2) is 5.00. The zero-order chi connectivity index (χ0) is 14.2. The summed E-state index contributed by atoms with van der Waals surface area (Å²) in [4.78, 5) is 4.50. The minimum Gasteiger partial charge on any atom is -0.340 e. The van der Waals surface area contributed by atoms with E-state index in [1.54, 1.807) is 0 Å². The molecule has 0 unspecified atom stereocenters. The molecule has 3 aromatic rings. The molecule has 0 aliphatic heterocycles. The van der Waals surface area contributed by atoms with Gasteiger partial charge >= 0.3 is 0 Å². The zero-order valence-corrected chi connectivity index (χ0v) is 12.0. The first-order valence-electron chi connectivity index (χ1n) is 7.39. The maximum atomic E-state index is 5.33. The van der Waals surface area contributed by atoms with Crippen LogP contribution in [0, 0.1) is 0 Å². The minimum atomic E-state index is 0.509. The van der Waals surface area contributed by atoms with Gasteiger partial charge in [-0.2, -0.15) is 4.98 Å². The van der Waals surface area contributed by atoms with Crippen LogP contribution in [0.15, 0.2) is 35.0 Å².